The molecule has 0 aliphatic carbocycles. The molecule has 1 heterocycles. The Morgan fingerprint density at radius 1 is 1.11 bits per heavy atom. The number of piperidine rings is 1. The van der Waals surface area contributed by atoms with Gasteiger partial charge in [-0.25, -0.2) is 0 Å². The standard InChI is InChI=1S/C26H41N/c1-6-8-13-23(14-9-7-2)24-16-18-27(19-17-24)26(20-21(3)4)25-15-11-10-12-22(25)5/h10-12,15,20,23-24H,3,6-9,13-14,16-19H2,1-2,4-5H3/b26-20+. The largest absolute Gasteiger partial charge is 0.371 e. The molecule has 1 aliphatic rings. The second-order valence-corrected chi connectivity index (χ2v) is 8.56. The molecule has 1 heteroatoms. The molecule has 1 aromatic rings. The lowest BCUT2D eigenvalue weighted by Crippen LogP contribution is -2.35. The molecule has 0 amide bonds. The Bertz CT molecular complexity index is 596. The van der Waals surface area contributed by atoms with E-state index in [9.17, 15) is 0 Å². The Balaban J connectivity index is 2.08. The molecule has 0 bridgehead atoms. The molecule has 27 heavy (non-hydrogen) atoms. The third kappa shape index (κ3) is 6.55. The smallest absolute Gasteiger partial charge is 0.0444 e. The normalized spacial score (nSPS) is 16.2. The van der Waals surface area contributed by atoms with Crippen LogP contribution in [0, 0.1) is 18.8 Å². The van der Waals surface area contributed by atoms with Crippen LogP contribution in [0.1, 0.15) is 83.3 Å². The van der Waals surface area contributed by atoms with E-state index in [1.165, 1.54) is 81.3 Å². The van der Waals surface area contributed by atoms with Gasteiger partial charge in [-0.2, -0.15) is 0 Å². The van der Waals surface area contributed by atoms with Crippen molar-refractivity contribution in [2.45, 2.75) is 79.1 Å². The molecule has 1 aliphatic heterocycles. The Morgan fingerprint density at radius 3 is 2.22 bits per heavy atom. The van der Waals surface area contributed by atoms with Crippen molar-refractivity contribution in [3.05, 3.63) is 53.6 Å². The summed E-state index contributed by atoms with van der Waals surface area (Å²) in [5.41, 5.74) is 5.24. The maximum Gasteiger partial charge on any atom is 0.0444 e. The molecular weight excluding hydrogens is 326 g/mol. The number of allylic oxidation sites excluding steroid dienone is 2. The zero-order chi connectivity index (χ0) is 19.6. The van der Waals surface area contributed by atoms with Gasteiger partial charge in [-0.15, -0.1) is 0 Å². The fourth-order valence-corrected chi connectivity index (χ4v) is 4.59. The van der Waals surface area contributed by atoms with Gasteiger partial charge in [0.05, 0.1) is 0 Å². The number of unbranched alkanes of at least 4 members (excludes halogenated alkanes) is 2. The van der Waals surface area contributed by atoms with Crippen LogP contribution in [0.4, 0.5) is 0 Å². The van der Waals surface area contributed by atoms with Crippen molar-refractivity contribution in [2.75, 3.05) is 13.1 Å². The van der Waals surface area contributed by atoms with Gasteiger partial charge >= 0.3 is 0 Å². The third-order valence-corrected chi connectivity index (χ3v) is 6.21. The Morgan fingerprint density at radius 2 is 1.70 bits per heavy atom. The number of rotatable bonds is 10. The van der Waals surface area contributed by atoms with Crippen LogP contribution < -0.4 is 0 Å². The molecule has 150 valence electrons. The van der Waals surface area contributed by atoms with E-state index < -0.39 is 0 Å². The van der Waals surface area contributed by atoms with Gasteiger partial charge in [-0.1, -0.05) is 88.8 Å². The van der Waals surface area contributed by atoms with Crippen LogP contribution in [0.2, 0.25) is 0 Å². The first kappa shape index (κ1) is 21.8. The first-order chi connectivity index (χ1) is 13.1. The zero-order valence-electron chi connectivity index (χ0n) is 18.3. The highest BCUT2D eigenvalue weighted by Gasteiger charge is 2.27. The predicted molar refractivity (Wildman–Crippen MR) is 121 cm³/mol. The quantitative estimate of drug-likeness (QED) is 0.384. The summed E-state index contributed by atoms with van der Waals surface area (Å²) in [5, 5.41) is 0. The predicted octanol–water partition coefficient (Wildman–Crippen LogP) is 7.62. The summed E-state index contributed by atoms with van der Waals surface area (Å²) in [6.45, 7) is 15.5. The van der Waals surface area contributed by atoms with Crippen LogP contribution in [0.5, 0.6) is 0 Å². The van der Waals surface area contributed by atoms with Gasteiger partial charge in [0.2, 0.25) is 0 Å². The third-order valence-electron chi connectivity index (χ3n) is 6.21. The summed E-state index contributed by atoms with van der Waals surface area (Å²) in [7, 11) is 0. The van der Waals surface area contributed by atoms with Crippen molar-refractivity contribution >= 4 is 5.70 Å². The zero-order valence-corrected chi connectivity index (χ0v) is 18.3. The van der Waals surface area contributed by atoms with Gasteiger partial charge in [-0.3, -0.25) is 0 Å². The highest BCUT2D eigenvalue weighted by atomic mass is 15.1. The fraction of sp³-hybridized carbons (Fsp3) is 0.615. The minimum Gasteiger partial charge on any atom is -0.371 e. The average molecular weight is 368 g/mol. The molecule has 0 atom stereocenters. The summed E-state index contributed by atoms with van der Waals surface area (Å²) >= 11 is 0. The van der Waals surface area contributed by atoms with Crippen LogP contribution >= 0.6 is 0 Å². The van der Waals surface area contributed by atoms with E-state index >= 15 is 0 Å². The molecule has 0 spiro atoms. The van der Waals surface area contributed by atoms with Gasteiger partial charge in [0.1, 0.15) is 0 Å². The van der Waals surface area contributed by atoms with Crippen molar-refractivity contribution in [3.63, 3.8) is 0 Å². The molecule has 1 fully saturated rings. The molecule has 2 rings (SSSR count). The van der Waals surface area contributed by atoms with E-state index in [1.54, 1.807) is 0 Å². The average Bonchev–Trinajstić information content (AvgIpc) is 2.67. The maximum atomic E-state index is 4.15. The van der Waals surface area contributed by atoms with Gasteiger partial charge in [-0.05, 0) is 50.2 Å². The first-order valence-corrected chi connectivity index (χ1v) is 11.2. The van der Waals surface area contributed by atoms with E-state index in [1.807, 2.05) is 0 Å². The monoisotopic (exact) mass is 367 g/mol. The second kappa shape index (κ2) is 11.4. The minimum absolute atomic E-state index is 0.919. The van der Waals surface area contributed by atoms with E-state index in [0.717, 1.165) is 17.4 Å². The van der Waals surface area contributed by atoms with Gasteiger partial charge in [0, 0.05) is 24.4 Å². The molecule has 1 aromatic carbocycles. The SMILES string of the molecule is C=C(C)/C=C(\c1ccccc1C)N1CCC(C(CCCC)CCCC)CC1. The van der Waals surface area contributed by atoms with E-state index in [0.29, 0.717) is 0 Å². The van der Waals surface area contributed by atoms with Crippen LogP contribution in [0.15, 0.2) is 42.5 Å². The highest BCUT2D eigenvalue weighted by molar-refractivity contribution is 5.69. The Labute approximate surface area is 168 Å². The van der Waals surface area contributed by atoms with Gasteiger partial charge < -0.3 is 4.90 Å². The number of likely N-dealkylation sites (tertiary alicyclic amines) is 1. The summed E-state index contributed by atoms with van der Waals surface area (Å²) in [4.78, 5) is 2.62. The Hall–Kier alpha value is -1.50. The molecule has 0 unspecified atom stereocenters. The van der Waals surface area contributed by atoms with Gasteiger partial charge in [0.25, 0.3) is 0 Å². The number of nitrogens with zero attached hydrogens (tertiary/aromatic N) is 1. The minimum atomic E-state index is 0.919. The number of benzene rings is 1. The summed E-state index contributed by atoms with van der Waals surface area (Å²) in [6, 6.07) is 8.78. The van der Waals surface area contributed by atoms with Crippen LogP contribution in [0.3, 0.4) is 0 Å². The van der Waals surface area contributed by atoms with Crippen LogP contribution in [0.25, 0.3) is 5.70 Å². The molecule has 1 nitrogen and oxygen atoms in total. The van der Waals surface area contributed by atoms with Crippen molar-refractivity contribution in [1.29, 1.82) is 0 Å². The molecule has 0 saturated carbocycles. The lowest BCUT2D eigenvalue weighted by atomic mass is 9.78. The molecule has 1 saturated heterocycles. The fourth-order valence-electron chi connectivity index (χ4n) is 4.59. The van der Waals surface area contributed by atoms with Crippen LogP contribution in [-0.2, 0) is 0 Å². The maximum absolute atomic E-state index is 4.15. The summed E-state index contributed by atoms with van der Waals surface area (Å²) < 4.78 is 0. The van der Waals surface area contributed by atoms with Crippen molar-refractivity contribution in [3.8, 4) is 0 Å². The second-order valence-electron chi connectivity index (χ2n) is 8.56. The summed E-state index contributed by atoms with van der Waals surface area (Å²) in [6.07, 6.45) is 13.3. The van der Waals surface area contributed by atoms with Crippen LogP contribution in [-0.4, -0.2) is 18.0 Å². The van der Waals surface area contributed by atoms with Gasteiger partial charge in [0.15, 0.2) is 0 Å². The Kier molecular flexibility index (Phi) is 9.18. The molecule has 0 aromatic heterocycles. The van der Waals surface area contributed by atoms with E-state index in [-0.39, 0.29) is 0 Å². The van der Waals surface area contributed by atoms with E-state index in [2.05, 4.69) is 69.5 Å². The van der Waals surface area contributed by atoms with Crippen molar-refractivity contribution in [1.82, 2.24) is 4.90 Å². The number of hydrogen-bond acceptors (Lipinski definition) is 1. The first-order valence-electron chi connectivity index (χ1n) is 11.2. The molecular formula is C26H41N. The van der Waals surface area contributed by atoms with Crippen molar-refractivity contribution in [2.24, 2.45) is 11.8 Å². The lowest BCUT2D eigenvalue weighted by molar-refractivity contribution is 0.175. The summed E-state index contributed by atoms with van der Waals surface area (Å²) in [5.74, 6) is 1.86. The number of aryl methyl sites for hydroxylation is 1. The number of hydrogen-bond donors (Lipinski definition) is 0. The highest BCUT2D eigenvalue weighted by Crippen LogP contribution is 2.35. The lowest BCUT2D eigenvalue weighted by Gasteiger charge is -2.39. The molecule has 0 radical (unpaired) electrons. The van der Waals surface area contributed by atoms with Crippen molar-refractivity contribution < 1.29 is 0 Å². The molecule has 0 N–H and O–H groups in total. The topological polar surface area (TPSA) is 3.24 Å². The van der Waals surface area contributed by atoms with E-state index in [4.69, 9.17) is 0 Å².